The van der Waals surface area contributed by atoms with Crippen LogP contribution in [0.15, 0.2) is 36.4 Å². The molecule has 31 heavy (non-hydrogen) atoms. The lowest BCUT2D eigenvalue weighted by Crippen LogP contribution is -2.48. The van der Waals surface area contributed by atoms with Crippen molar-refractivity contribution in [3.8, 4) is 0 Å². The Morgan fingerprint density at radius 2 is 1.90 bits per heavy atom. The predicted octanol–water partition coefficient (Wildman–Crippen LogP) is 3.99. The first-order valence-corrected chi connectivity index (χ1v) is 11.1. The van der Waals surface area contributed by atoms with Crippen molar-refractivity contribution in [2.45, 2.75) is 70.6 Å². The molecule has 4 nitrogen and oxygen atoms in total. The average molecular weight is 431 g/mol. The molecule has 3 rings (SSSR count). The number of halogens is 2. The molecule has 6 heteroatoms. The molecule has 0 fully saturated rings. The van der Waals surface area contributed by atoms with Crippen LogP contribution < -0.4 is 10.6 Å². The number of fused-ring (bicyclic) bond motifs is 1. The second-order valence-corrected chi connectivity index (χ2v) is 8.49. The van der Waals surface area contributed by atoms with E-state index >= 15 is 0 Å². The molecule has 0 bridgehead atoms. The maximum absolute atomic E-state index is 13.6. The van der Waals surface area contributed by atoms with Crippen molar-refractivity contribution in [3.05, 3.63) is 70.3 Å². The molecule has 0 saturated carbocycles. The number of benzene rings is 2. The van der Waals surface area contributed by atoms with Crippen molar-refractivity contribution in [1.82, 2.24) is 10.6 Å². The Bertz CT molecular complexity index is 883. The molecule has 3 atom stereocenters. The maximum atomic E-state index is 13.6. The summed E-state index contributed by atoms with van der Waals surface area (Å²) in [5, 5.41) is 17.0. The van der Waals surface area contributed by atoms with Crippen LogP contribution in [0.1, 0.15) is 61.4 Å². The SMILES string of the molecule is CCCc1ccc2c(c1)[C@@H](NC[C@H](O)C(Cc1cc(F)cc(F)c1)NC(C)=O)CCC2. The van der Waals surface area contributed by atoms with E-state index in [-0.39, 0.29) is 24.9 Å². The van der Waals surface area contributed by atoms with Gasteiger partial charge in [0.1, 0.15) is 11.6 Å². The van der Waals surface area contributed by atoms with E-state index in [1.54, 1.807) is 0 Å². The van der Waals surface area contributed by atoms with Crippen molar-refractivity contribution in [2.24, 2.45) is 0 Å². The summed E-state index contributed by atoms with van der Waals surface area (Å²) in [4.78, 5) is 11.7. The van der Waals surface area contributed by atoms with Gasteiger partial charge >= 0.3 is 0 Å². The highest BCUT2D eigenvalue weighted by atomic mass is 19.1. The van der Waals surface area contributed by atoms with Gasteiger partial charge in [-0.05, 0) is 66.5 Å². The number of aliphatic hydroxyl groups excluding tert-OH is 1. The first kappa shape index (κ1) is 23.4. The van der Waals surface area contributed by atoms with Crippen LogP contribution in [0.3, 0.4) is 0 Å². The molecule has 1 unspecified atom stereocenters. The molecular weight excluding hydrogens is 398 g/mol. The van der Waals surface area contributed by atoms with E-state index in [0.717, 1.165) is 38.2 Å². The van der Waals surface area contributed by atoms with Gasteiger partial charge in [0.15, 0.2) is 0 Å². The molecule has 0 radical (unpaired) electrons. The molecule has 2 aromatic carbocycles. The molecular formula is C25H32F2N2O2. The number of hydrogen-bond donors (Lipinski definition) is 3. The van der Waals surface area contributed by atoms with Crippen LogP contribution in [-0.2, 0) is 24.1 Å². The lowest BCUT2D eigenvalue weighted by molar-refractivity contribution is -0.120. The second kappa shape index (κ2) is 10.8. The third-order valence-corrected chi connectivity index (χ3v) is 5.87. The second-order valence-electron chi connectivity index (χ2n) is 8.49. The van der Waals surface area contributed by atoms with Crippen LogP contribution in [0.25, 0.3) is 0 Å². The first-order valence-electron chi connectivity index (χ1n) is 11.1. The molecule has 0 heterocycles. The summed E-state index contributed by atoms with van der Waals surface area (Å²) < 4.78 is 27.1. The number of aryl methyl sites for hydroxylation is 2. The smallest absolute Gasteiger partial charge is 0.217 e. The zero-order valence-corrected chi connectivity index (χ0v) is 18.3. The Hall–Kier alpha value is -2.31. The number of aliphatic hydroxyl groups is 1. The van der Waals surface area contributed by atoms with Crippen molar-refractivity contribution in [2.75, 3.05) is 6.54 Å². The molecule has 0 spiro atoms. The summed E-state index contributed by atoms with van der Waals surface area (Å²) >= 11 is 0. The van der Waals surface area contributed by atoms with E-state index in [4.69, 9.17) is 0 Å². The minimum absolute atomic E-state index is 0.138. The minimum atomic E-state index is -0.903. The van der Waals surface area contributed by atoms with E-state index in [1.165, 1.54) is 35.7 Å². The number of carbonyl (C=O) groups excluding carboxylic acids is 1. The van der Waals surface area contributed by atoms with Crippen LogP contribution in [-0.4, -0.2) is 29.7 Å². The van der Waals surface area contributed by atoms with Gasteiger partial charge in [-0.25, -0.2) is 8.78 Å². The molecule has 0 aromatic heterocycles. The van der Waals surface area contributed by atoms with Gasteiger partial charge in [0, 0.05) is 25.6 Å². The van der Waals surface area contributed by atoms with Gasteiger partial charge in [-0.2, -0.15) is 0 Å². The van der Waals surface area contributed by atoms with Crippen LogP contribution in [0.2, 0.25) is 0 Å². The standard InChI is InChI=1S/C25H32F2N2O2/c1-3-5-17-8-9-19-6-4-7-23(22(19)12-17)28-15-25(31)24(29-16(2)30)13-18-10-20(26)14-21(27)11-18/h8-12,14,23-25,28,31H,3-7,13,15H2,1-2H3,(H,29,30)/t23-,24?,25-/m0/s1. The zero-order chi connectivity index (χ0) is 22.4. The highest BCUT2D eigenvalue weighted by molar-refractivity contribution is 5.73. The van der Waals surface area contributed by atoms with Crippen molar-refractivity contribution in [3.63, 3.8) is 0 Å². The summed E-state index contributed by atoms with van der Waals surface area (Å²) in [6.07, 6.45) is 4.48. The molecule has 2 aromatic rings. The average Bonchev–Trinajstić information content (AvgIpc) is 2.70. The van der Waals surface area contributed by atoms with Gasteiger partial charge in [-0.3, -0.25) is 4.79 Å². The number of rotatable bonds is 9. The van der Waals surface area contributed by atoms with Crippen LogP contribution in [0.5, 0.6) is 0 Å². The van der Waals surface area contributed by atoms with Crippen LogP contribution >= 0.6 is 0 Å². The van der Waals surface area contributed by atoms with E-state index < -0.39 is 23.8 Å². The van der Waals surface area contributed by atoms with Crippen molar-refractivity contribution in [1.29, 1.82) is 0 Å². The summed E-state index contributed by atoms with van der Waals surface area (Å²) in [7, 11) is 0. The Kier molecular flexibility index (Phi) is 8.15. The van der Waals surface area contributed by atoms with Crippen LogP contribution in [0.4, 0.5) is 8.78 Å². The van der Waals surface area contributed by atoms with Crippen LogP contribution in [0, 0.1) is 11.6 Å². The Labute approximate surface area is 183 Å². The lowest BCUT2D eigenvalue weighted by Gasteiger charge is -2.30. The summed E-state index contributed by atoms with van der Waals surface area (Å²) in [5.74, 6) is -1.65. The van der Waals surface area contributed by atoms with Gasteiger partial charge in [-0.15, -0.1) is 0 Å². The number of nitrogens with one attached hydrogen (secondary N) is 2. The first-order chi connectivity index (χ1) is 14.9. The topological polar surface area (TPSA) is 61.4 Å². The normalized spacial score (nSPS) is 17.6. The van der Waals surface area contributed by atoms with Gasteiger partial charge in [-0.1, -0.05) is 31.5 Å². The third kappa shape index (κ3) is 6.58. The Balaban J connectivity index is 1.69. The monoisotopic (exact) mass is 430 g/mol. The number of hydrogen-bond acceptors (Lipinski definition) is 3. The summed E-state index contributed by atoms with van der Waals surface area (Å²) in [6.45, 7) is 3.80. The molecule has 0 saturated heterocycles. The maximum Gasteiger partial charge on any atom is 0.217 e. The predicted molar refractivity (Wildman–Crippen MR) is 118 cm³/mol. The van der Waals surface area contributed by atoms with E-state index in [1.807, 2.05) is 0 Å². The van der Waals surface area contributed by atoms with E-state index in [2.05, 4.69) is 35.8 Å². The fourth-order valence-electron chi connectivity index (χ4n) is 4.44. The zero-order valence-electron chi connectivity index (χ0n) is 18.3. The molecule has 1 aliphatic rings. The molecule has 3 N–H and O–H groups in total. The Morgan fingerprint density at radius 1 is 1.16 bits per heavy atom. The fraction of sp³-hybridized carbons (Fsp3) is 0.480. The largest absolute Gasteiger partial charge is 0.390 e. The molecule has 1 aliphatic carbocycles. The van der Waals surface area contributed by atoms with Gasteiger partial charge in [0.05, 0.1) is 12.1 Å². The van der Waals surface area contributed by atoms with Gasteiger partial charge in [0.25, 0.3) is 0 Å². The molecule has 0 aliphatic heterocycles. The highest BCUT2D eigenvalue weighted by Crippen LogP contribution is 2.31. The molecule has 1 amide bonds. The highest BCUT2D eigenvalue weighted by Gasteiger charge is 2.25. The summed E-state index contributed by atoms with van der Waals surface area (Å²) in [5.41, 5.74) is 4.33. The van der Waals surface area contributed by atoms with Crippen molar-refractivity contribution >= 4 is 5.91 Å². The van der Waals surface area contributed by atoms with E-state index in [9.17, 15) is 18.7 Å². The number of carbonyl (C=O) groups is 1. The van der Waals surface area contributed by atoms with Crippen molar-refractivity contribution < 1.29 is 18.7 Å². The number of amides is 1. The third-order valence-electron chi connectivity index (χ3n) is 5.87. The quantitative estimate of drug-likeness (QED) is 0.564. The summed E-state index contributed by atoms with van der Waals surface area (Å²) in [6, 6.07) is 9.43. The molecule has 168 valence electrons. The minimum Gasteiger partial charge on any atom is -0.390 e. The van der Waals surface area contributed by atoms with E-state index in [0.29, 0.717) is 5.56 Å². The fourth-order valence-corrected chi connectivity index (χ4v) is 4.44. The lowest BCUT2D eigenvalue weighted by atomic mass is 9.86. The van der Waals surface area contributed by atoms with Gasteiger partial charge < -0.3 is 15.7 Å². The Morgan fingerprint density at radius 3 is 2.58 bits per heavy atom. The van der Waals surface area contributed by atoms with Gasteiger partial charge in [0.2, 0.25) is 5.91 Å².